The zero-order valence-corrected chi connectivity index (χ0v) is 9.30. The quantitative estimate of drug-likeness (QED) is 0.825. The Balaban J connectivity index is 2.09. The summed E-state index contributed by atoms with van der Waals surface area (Å²) in [6.45, 7) is -0.0186. The number of aromatic nitrogens is 3. The molecule has 0 fully saturated rings. The van der Waals surface area contributed by atoms with E-state index in [4.69, 9.17) is 0 Å². The molecule has 1 aromatic carbocycles. The molecule has 1 aromatic heterocycles. The lowest BCUT2D eigenvalue weighted by Crippen LogP contribution is -2.17. The number of hydrogen-bond acceptors (Lipinski definition) is 4. The van der Waals surface area contributed by atoms with Gasteiger partial charge in [0.2, 0.25) is 5.95 Å². The fourth-order valence-electron chi connectivity index (χ4n) is 1.33. The highest BCUT2D eigenvalue weighted by Gasteiger charge is 2.07. The van der Waals surface area contributed by atoms with E-state index in [-0.39, 0.29) is 18.5 Å². The molecular weight excluding hydrogens is 220 g/mol. The minimum Gasteiger partial charge on any atom is -0.375 e. The number of benzene rings is 1. The predicted molar refractivity (Wildman–Crippen MR) is 62.3 cm³/mol. The van der Waals surface area contributed by atoms with Gasteiger partial charge in [0, 0.05) is 12.7 Å². The van der Waals surface area contributed by atoms with Gasteiger partial charge in [0.25, 0.3) is 5.91 Å². The minimum atomic E-state index is -0.286. The van der Waals surface area contributed by atoms with Crippen LogP contribution in [0.3, 0.4) is 0 Å². The molecule has 0 saturated carbocycles. The van der Waals surface area contributed by atoms with Crippen LogP contribution in [0.15, 0.2) is 30.3 Å². The van der Waals surface area contributed by atoms with Crippen LogP contribution in [0.5, 0.6) is 0 Å². The molecule has 1 amide bonds. The van der Waals surface area contributed by atoms with Crippen molar-refractivity contribution in [2.24, 2.45) is 0 Å². The van der Waals surface area contributed by atoms with Gasteiger partial charge in [-0.25, -0.2) is 0 Å². The van der Waals surface area contributed by atoms with Gasteiger partial charge in [-0.05, 0) is 0 Å². The second-order valence-corrected chi connectivity index (χ2v) is 3.35. The number of nitrogens with one attached hydrogen (secondary N) is 2. The number of hydrogen-bond donors (Lipinski definition) is 2. The molecule has 0 aliphatic carbocycles. The Hall–Kier alpha value is -2.21. The molecule has 1 heterocycles. The Morgan fingerprint density at radius 2 is 2.18 bits per heavy atom. The number of carbonyl (C=O) groups is 1. The van der Waals surface area contributed by atoms with Gasteiger partial charge < -0.3 is 4.74 Å². The summed E-state index contributed by atoms with van der Waals surface area (Å²) >= 11 is 0. The lowest BCUT2D eigenvalue weighted by atomic mass is 10.2. The first-order valence-electron chi connectivity index (χ1n) is 5.06. The molecule has 0 bridgehead atoms. The monoisotopic (exact) mass is 232 g/mol. The van der Waals surface area contributed by atoms with E-state index in [2.05, 4.69) is 25.2 Å². The smallest absolute Gasteiger partial charge is 0.252 e. The molecule has 2 rings (SSSR count). The maximum atomic E-state index is 11.2. The molecule has 0 saturated heterocycles. The Kier molecular flexibility index (Phi) is 3.46. The zero-order chi connectivity index (χ0) is 12.1. The molecule has 0 unspecified atom stereocenters. The van der Waals surface area contributed by atoms with Gasteiger partial charge in [-0.3, -0.25) is 15.2 Å². The summed E-state index contributed by atoms with van der Waals surface area (Å²) in [6.07, 6.45) is 0. The highest BCUT2D eigenvalue weighted by Crippen LogP contribution is 2.14. The highest BCUT2D eigenvalue weighted by molar-refractivity contribution is 5.90. The first-order chi connectivity index (χ1) is 8.29. The molecule has 0 atom stereocenters. The number of aromatic amines is 1. The summed E-state index contributed by atoms with van der Waals surface area (Å²) in [5.41, 5.74) is 0.909. The summed E-state index contributed by atoms with van der Waals surface area (Å²) in [4.78, 5) is 15.4. The number of rotatable bonds is 4. The summed E-state index contributed by atoms with van der Waals surface area (Å²) in [5, 5.41) is 9.16. The van der Waals surface area contributed by atoms with Crippen LogP contribution < -0.4 is 5.32 Å². The number of methoxy groups -OCH3 is 1. The Bertz CT molecular complexity index is 495. The lowest BCUT2D eigenvalue weighted by Gasteiger charge is -1.97. The first kappa shape index (κ1) is 11.3. The van der Waals surface area contributed by atoms with Crippen molar-refractivity contribution in [3.8, 4) is 11.4 Å². The average Bonchev–Trinajstić information content (AvgIpc) is 2.79. The Labute approximate surface area is 98.0 Å². The van der Waals surface area contributed by atoms with Gasteiger partial charge in [0.05, 0.1) is 0 Å². The molecule has 0 radical (unpaired) electrons. The summed E-state index contributed by atoms with van der Waals surface area (Å²) in [7, 11) is 1.45. The van der Waals surface area contributed by atoms with E-state index in [1.165, 1.54) is 7.11 Å². The second kappa shape index (κ2) is 5.22. The van der Waals surface area contributed by atoms with Gasteiger partial charge in [0.1, 0.15) is 6.61 Å². The van der Waals surface area contributed by atoms with Crippen molar-refractivity contribution in [3.05, 3.63) is 30.3 Å². The normalized spacial score (nSPS) is 10.2. The largest absolute Gasteiger partial charge is 0.375 e. The molecular formula is C11H12N4O2. The molecule has 0 aliphatic rings. The highest BCUT2D eigenvalue weighted by atomic mass is 16.5. The maximum Gasteiger partial charge on any atom is 0.252 e. The third-order valence-electron chi connectivity index (χ3n) is 2.06. The predicted octanol–water partition coefficient (Wildman–Crippen LogP) is 1.06. The van der Waals surface area contributed by atoms with Crippen LogP contribution in [0.1, 0.15) is 0 Å². The van der Waals surface area contributed by atoms with Crippen molar-refractivity contribution in [2.45, 2.75) is 0 Å². The van der Waals surface area contributed by atoms with Crippen LogP contribution in [0.25, 0.3) is 11.4 Å². The lowest BCUT2D eigenvalue weighted by molar-refractivity contribution is -0.119. The Morgan fingerprint density at radius 3 is 2.88 bits per heavy atom. The van der Waals surface area contributed by atoms with Crippen molar-refractivity contribution in [1.82, 2.24) is 15.2 Å². The molecule has 2 aromatic rings. The zero-order valence-electron chi connectivity index (χ0n) is 9.30. The van der Waals surface area contributed by atoms with Crippen LogP contribution in [0.4, 0.5) is 5.95 Å². The molecule has 0 aliphatic heterocycles. The van der Waals surface area contributed by atoms with Gasteiger partial charge >= 0.3 is 0 Å². The minimum absolute atomic E-state index is 0.0186. The first-order valence-corrected chi connectivity index (χ1v) is 5.06. The van der Waals surface area contributed by atoms with Crippen LogP contribution in [0.2, 0.25) is 0 Å². The van der Waals surface area contributed by atoms with Crippen molar-refractivity contribution in [2.75, 3.05) is 19.0 Å². The molecule has 6 nitrogen and oxygen atoms in total. The molecule has 88 valence electrons. The number of carbonyl (C=O) groups excluding carboxylic acids is 1. The van der Waals surface area contributed by atoms with Gasteiger partial charge in [-0.15, -0.1) is 5.10 Å². The number of amides is 1. The standard InChI is InChI=1S/C11H12N4O2/c1-17-7-9(16)12-11-13-10(14-15-11)8-5-3-2-4-6-8/h2-6H,7H2,1H3,(H2,12,13,14,15,16). The average molecular weight is 232 g/mol. The van der Waals surface area contributed by atoms with Crippen LogP contribution >= 0.6 is 0 Å². The third-order valence-corrected chi connectivity index (χ3v) is 2.06. The topological polar surface area (TPSA) is 79.9 Å². The maximum absolute atomic E-state index is 11.2. The molecule has 0 spiro atoms. The number of nitrogens with zero attached hydrogens (tertiary/aromatic N) is 2. The van der Waals surface area contributed by atoms with E-state index in [0.717, 1.165) is 5.56 Å². The van der Waals surface area contributed by atoms with Crippen LogP contribution in [-0.2, 0) is 9.53 Å². The van der Waals surface area contributed by atoms with E-state index in [0.29, 0.717) is 5.82 Å². The van der Waals surface area contributed by atoms with Crippen molar-refractivity contribution >= 4 is 11.9 Å². The number of H-pyrrole nitrogens is 1. The van der Waals surface area contributed by atoms with Gasteiger partial charge in [-0.2, -0.15) is 4.98 Å². The molecule has 6 heteroatoms. The van der Waals surface area contributed by atoms with E-state index >= 15 is 0 Å². The Morgan fingerprint density at radius 1 is 1.41 bits per heavy atom. The van der Waals surface area contributed by atoms with Gasteiger partial charge in [-0.1, -0.05) is 30.3 Å². The van der Waals surface area contributed by atoms with E-state index in [1.54, 1.807) is 0 Å². The fraction of sp³-hybridized carbons (Fsp3) is 0.182. The SMILES string of the molecule is COCC(=O)Nc1n[nH]c(-c2ccccc2)n1. The summed E-state index contributed by atoms with van der Waals surface area (Å²) < 4.78 is 4.69. The van der Waals surface area contributed by atoms with E-state index in [9.17, 15) is 4.79 Å². The molecule has 17 heavy (non-hydrogen) atoms. The van der Waals surface area contributed by atoms with E-state index < -0.39 is 0 Å². The summed E-state index contributed by atoms with van der Waals surface area (Å²) in [6, 6.07) is 9.53. The molecule has 2 N–H and O–H groups in total. The summed E-state index contributed by atoms with van der Waals surface area (Å²) in [5.74, 6) is 0.565. The van der Waals surface area contributed by atoms with Crippen molar-refractivity contribution < 1.29 is 9.53 Å². The van der Waals surface area contributed by atoms with Crippen molar-refractivity contribution in [1.29, 1.82) is 0 Å². The fourth-order valence-corrected chi connectivity index (χ4v) is 1.33. The van der Waals surface area contributed by atoms with Crippen molar-refractivity contribution in [3.63, 3.8) is 0 Å². The van der Waals surface area contributed by atoms with Crippen LogP contribution in [0, 0.1) is 0 Å². The van der Waals surface area contributed by atoms with Gasteiger partial charge in [0.15, 0.2) is 5.82 Å². The van der Waals surface area contributed by atoms with Crippen LogP contribution in [-0.4, -0.2) is 34.8 Å². The second-order valence-electron chi connectivity index (χ2n) is 3.35. The number of anilines is 1. The van der Waals surface area contributed by atoms with E-state index in [1.807, 2.05) is 30.3 Å². The number of ether oxygens (including phenoxy) is 1. The third kappa shape index (κ3) is 2.88.